The first-order valence-corrected chi connectivity index (χ1v) is 10.6. The molecule has 0 spiro atoms. The van der Waals surface area contributed by atoms with Crippen LogP contribution in [-0.4, -0.2) is 51.4 Å². The minimum absolute atomic E-state index is 0.00933. The van der Waals surface area contributed by atoms with Gasteiger partial charge in [0.25, 0.3) is 17.4 Å². The molecular formula is C24H24N2O8. The Morgan fingerprint density at radius 2 is 1.79 bits per heavy atom. The second-order valence-electron chi connectivity index (χ2n) is 7.78. The number of aliphatic hydroxyl groups excluding tert-OH is 1. The summed E-state index contributed by atoms with van der Waals surface area (Å²) in [6.45, 7) is 0.122. The van der Waals surface area contributed by atoms with Gasteiger partial charge in [0.1, 0.15) is 11.5 Å². The zero-order chi connectivity index (χ0) is 24.8. The predicted molar refractivity (Wildman–Crippen MR) is 121 cm³/mol. The van der Waals surface area contributed by atoms with Gasteiger partial charge >= 0.3 is 5.97 Å². The van der Waals surface area contributed by atoms with E-state index in [4.69, 9.17) is 9.84 Å². The maximum absolute atomic E-state index is 13.0. The molecule has 0 aliphatic carbocycles. The fraction of sp³-hybridized carbons (Fsp3) is 0.292. The zero-order valence-corrected chi connectivity index (χ0v) is 18.5. The largest absolute Gasteiger partial charge is 0.507 e. The van der Waals surface area contributed by atoms with Crippen molar-refractivity contribution in [2.75, 3.05) is 13.7 Å². The lowest BCUT2D eigenvalue weighted by molar-refractivity contribution is -0.384. The van der Waals surface area contributed by atoms with Gasteiger partial charge in [-0.15, -0.1) is 0 Å². The van der Waals surface area contributed by atoms with Gasteiger partial charge in [0.05, 0.1) is 23.6 Å². The van der Waals surface area contributed by atoms with E-state index in [1.165, 1.54) is 42.3 Å². The number of hydrogen-bond acceptors (Lipinski definition) is 7. The number of aliphatic carboxylic acids is 1. The van der Waals surface area contributed by atoms with Gasteiger partial charge in [0.15, 0.2) is 0 Å². The standard InChI is InChI=1S/C24H24N2O8/c1-34-18-11-9-15(10-12-18)22(29)20-21(16-6-5-7-17(14-16)26(32)33)25(24(31)23(20)30)13-4-2-3-8-19(27)28/h5-7,9-12,14,21,29H,2-4,8,13H2,1H3,(H,27,28)/b22-20+. The molecule has 1 amide bonds. The van der Waals surface area contributed by atoms with Crippen LogP contribution < -0.4 is 4.74 Å². The number of nitro groups is 1. The number of aliphatic hydroxyl groups is 1. The minimum Gasteiger partial charge on any atom is -0.507 e. The molecule has 1 unspecified atom stereocenters. The molecule has 2 aromatic rings. The summed E-state index contributed by atoms with van der Waals surface area (Å²) in [4.78, 5) is 48.6. The topological polar surface area (TPSA) is 147 Å². The molecule has 0 saturated carbocycles. The number of carbonyl (C=O) groups is 3. The summed E-state index contributed by atoms with van der Waals surface area (Å²) in [6, 6.07) is 10.8. The summed E-state index contributed by atoms with van der Waals surface area (Å²) < 4.78 is 5.11. The maximum atomic E-state index is 13.0. The minimum atomic E-state index is -1.03. The molecule has 0 bridgehead atoms. The summed E-state index contributed by atoms with van der Waals surface area (Å²) in [5, 5.41) is 31.1. The lowest BCUT2D eigenvalue weighted by atomic mass is 9.95. The maximum Gasteiger partial charge on any atom is 0.303 e. The van der Waals surface area contributed by atoms with E-state index in [-0.39, 0.29) is 29.8 Å². The molecule has 1 aliphatic rings. The normalized spacial score (nSPS) is 17.1. The quantitative estimate of drug-likeness (QED) is 0.134. The number of carbonyl (C=O) groups excluding carboxylic acids is 2. The number of amides is 1. The van der Waals surface area contributed by atoms with Crippen LogP contribution in [0.2, 0.25) is 0 Å². The number of benzene rings is 2. The number of carboxylic acid groups (broad SMARTS) is 1. The number of unbranched alkanes of at least 4 members (excludes halogenated alkanes) is 2. The molecule has 1 atom stereocenters. The Bertz CT molecular complexity index is 1140. The number of nitro benzene ring substituents is 1. The summed E-state index contributed by atoms with van der Waals surface area (Å²) in [5.41, 5.74) is 0.222. The van der Waals surface area contributed by atoms with Gasteiger partial charge in [-0.3, -0.25) is 24.5 Å². The van der Waals surface area contributed by atoms with Gasteiger partial charge in [-0.05, 0) is 42.7 Å². The molecule has 10 nitrogen and oxygen atoms in total. The van der Waals surface area contributed by atoms with Crippen molar-refractivity contribution in [3.8, 4) is 5.75 Å². The van der Waals surface area contributed by atoms with Crippen LogP contribution >= 0.6 is 0 Å². The number of ketones is 1. The number of Topliss-reactive ketones (excluding diaryl/α,β-unsaturated/α-hetero) is 1. The van der Waals surface area contributed by atoms with Crippen molar-refractivity contribution in [3.05, 3.63) is 75.3 Å². The van der Waals surface area contributed by atoms with Crippen LogP contribution in [0.25, 0.3) is 5.76 Å². The van der Waals surface area contributed by atoms with Crippen molar-refractivity contribution in [1.29, 1.82) is 0 Å². The Kier molecular flexibility index (Phi) is 7.62. The molecular weight excluding hydrogens is 444 g/mol. The molecule has 2 aromatic carbocycles. The van der Waals surface area contributed by atoms with E-state index in [0.29, 0.717) is 30.6 Å². The number of ether oxygens (including phenoxy) is 1. The molecule has 1 fully saturated rings. The molecule has 1 saturated heterocycles. The van der Waals surface area contributed by atoms with Crippen molar-refractivity contribution < 1.29 is 34.3 Å². The van der Waals surface area contributed by atoms with Crippen molar-refractivity contribution in [1.82, 2.24) is 4.90 Å². The summed E-state index contributed by atoms with van der Waals surface area (Å²) in [5.74, 6) is -2.50. The SMILES string of the molecule is COc1ccc(/C(O)=C2\C(=O)C(=O)N(CCCCCC(=O)O)C2c2cccc([N+](=O)[O-])c2)cc1. The number of hydrogen-bond donors (Lipinski definition) is 2. The van der Waals surface area contributed by atoms with Crippen LogP contribution in [0, 0.1) is 10.1 Å². The lowest BCUT2D eigenvalue weighted by Crippen LogP contribution is -2.30. The molecule has 3 rings (SSSR count). The first kappa shape index (κ1) is 24.4. The second kappa shape index (κ2) is 10.6. The Hall–Kier alpha value is -4.21. The molecule has 10 heteroatoms. The van der Waals surface area contributed by atoms with Gasteiger partial charge in [0.2, 0.25) is 0 Å². The highest BCUT2D eigenvalue weighted by molar-refractivity contribution is 6.46. The Morgan fingerprint density at radius 1 is 1.09 bits per heavy atom. The molecule has 178 valence electrons. The van der Waals surface area contributed by atoms with E-state index in [2.05, 4.69) is 0 Å². The van der Waals surface area contributed by atoms with Crippen LogP contribution in [0.4, 0.5) is 5.69 Å². The second-order valence-corrected chi connectivity index (χ2v) is 7.78. The number of nitrogens with zero attached hydrogens (tertiary/aromatic N) is 2. The first-order chi connectivity index (χ1) is 16.2. The van der Waals surface area contributed by atoms with Crippen LogP contribution in [0.3, 0.4) is 0 Å². The third kappa shape index (κ3) is 5.22. The van der Waals surface area contributed by atoms with Crippen LogP contribution in [0.1, 0.15) is 42.9 Å². The van der Waals surface area contributed by atoms with Gasteiger partial charge in [-0.1, -0.05) is 18.6 Å². The van der Waals surface area contributed by atoms with E-state index in [1.54, 1.807) is 18.2 Å². The van der Waals surface area contributed by atoms with E-state index in [0.717, 1.165) is 0 Å². The van der Waals surface area contributed by atoms with Crippen molar-refractivity contribution >= 4 is 29.1 Å². The van der Waals surface area contributed by atoms with Gasteiger partial charge in [-0.25, -0.2) is 0 Å². The van der Waals surface area contributed by atoms with Crippen LogP contribution in [-0.2, 0) is 14.4 Å². The average molecular weight is 468 g/mol. The molecule has 0 aromatic heterocycles. The van der Waals surface area contributed by atoms with Gasteiger partial charge in [-0.2, -0.15) is 0 Å². The Labute approximate surface area is 195 Å². The molecule has 1 heterocycles. The van der Waals surface area contributed by atoms with Crippen LogP contribution in [0.15, 0.2) is 54.1 Å². The number of carboxylic acids is 1. The zero-order valence-electron chi connectivity index (χ0n) is 18.5. The molecule has 0 radical (unpaired) electrons. The predicted octanol–water partition coefficient (Wildman–Crippen LogP) is 3.67. The highest BCUT2D eigenvalue weighted by Crippen LogP contribution is 2.40. The Morgan fingerprint density at radius 3 is 2.41 bits per heavy atom. The van der Waals surface area contributed by atoms with E-state index in [9.17, 15) is 29.6 Å². The molecule has 2 N–H and O–H groups in total. The number of methoxy groups -OCH3 is 1. The number of likely N-dealkylation sites (tertiary alicyclic amines) is 1. The summed E-state index contributed by atoms with van der Waals surface area (Å²) in [7, 11) is 1.49. The van der Waals surface area contributed by atoms with Crippen molar-refractivity contribution in [2.24, 2.45) is 0 Å². The van der Waals surface area contributed by atoms with E-state index < -0.39 is 34.4 Å². The monoisotopic (exact) mass is 468 g/mol. The van der Waals surface area contributed by atoms with Gasteiger partial charge in [0, 0.05) is 30.7 Å². The lowest BCUT2D eigenvalue weighted by Gasteiger charge is -2.25. The highest BCUT2D eigenvalue weighted by atomic mass is 16.6. The summed E-state index contributed by atoms with van der Waals surface area (Å²) >= 11 is 0. The fourth-order valence-corrected chi connectivity index (χ4v) is 3.91. The molecule has 34 heavy (non-hydrogen) atoms. The van der Waals surface area contributed by atoms with E-state index in [1.807, 2.05) is 0 Å². The smallest absolute Gasteiger partial charge is 0.303 e. The molecule has 1 aliphatic heterocycles. The van der Waals surface area contributed by atoms with Gasteiger partial charge < -0.3 is 19.8 Å². The van der Waals surface area contributed by atoms with E-state index >= 15 is 0 Å². The average Bonchev–Trinajstić information content (AvgIpc) is 3.08. The van der Waals surface area contributed by atoms with Crippen LogP contribution in [0.5, 0.6) is 5.75 Å². The van der Waals surface area contributed by atoms with Crippen molar-refractivity contribution in [2.45, 2.75) is 31.7 Å². The summed E-state index contributed by atoms with van der Waals surface area (Å²) in [6.07, 6.45) is 1.33. The number of non-ortho nitro benzene ring substituents is 1. The number of rotatable bonds is 10. The van der Waals surface area contributed by atoms with Crippen molar-refractivity contribution in [3.63, 3.8) is 0 Å². The fourth-order valence-electron chi connectivity index (χ4n) is 3.91. The third-order valence-electron chi connectivity index (χ3n) is 5.59. The third-order valence-corrected chi connectivity index (χ3v) is 5.59. The Balaban J connectivity index is 2.02. The first-order valence-electron chi connectivity index (χ1n) is 10.6. The highest BCUT2D eigenvalue weighted by Gasteiger charge is 2.46.